The topological polar surface area (TPSA) is 82.7 Å². The Morgan fingerprint density at radius 3 is 2.65 bits per heavy atom. The smallest absolute Gasteiger partial charge is 0.256 e. The Morgan fingerprint density at radius 1 is 1.04 bits per heavy atom. The fraction of sp³-hybridized carbons (Fsp3) is 0.0500. The van der Waals surface area contributed by atoms with Gasteiger partial charge < -0.3 is 10.6 Å². The quantitative estimate of drug-likeness (QED) is 0.514. The summed E-state index contributed by atoms with van der Waals surface area (Å²) in [5.74, 6) is 0.456. The lowest BCUT2D eigenvalue weighted by Gasteiger charge is -2.11. The lowest BCUT2D eigenvalue weighted by Crippen LogP contribution is -2.13. The molecule has 4 aromatic rings. The average Bonchev–Trinajstić information content (AvgIpc) is 3.19. The Labute approximate surface area is 150 Å². The molecule has 6 heteroatoms. The Bertz CT molecular complexity index is 1030. The van der Waals surface area contributed by atoms with Crippen molar-refractivity contribution in [3.8, 4) is 0 Å². The predicted octanol–water partition coefficient (Wildman–Crippen LogP) is 3.82. The number of fused-ring (bicyclic) bond motifs is 1. The van der Waals surface area contributed by atoms with E-state index in [1.54, 1.807) is 18.5 Å². The Morgan fingerprint density at radius 2 is 1.85 bits per heavy atom. The zero-order valence-electron chi connectivity index (χ0n) is 13.9. The molecule has 128 valence electrons. The van der Waals surface area contributed by atoms with Gasteiger partial charge in [0.1, 0.15) is 5.82 Å². The minimum Gasteiger partial charge on any atom is -0.366 e. The normalized spacial score (nSPS) is 10.6. The summed E-state index contributed by atoms with van der Waals surface area (Å²) >= 11 is 0. The van der Waals surface area contributed by atoms with E-state index in [1.165, 1.54) is 0 Å². The number of hydrogen-bond donors (Lipinski definition) is 3. The summed E-state index contributed by atoms with van der Waals surface area (Å²) in [5.41, 5.74) is 3.09. The van der Waals surface area contributed by atoms with Gasteiger partial charge in [-0.25, -0.2) is 4.98 Å². The minimum atomic E-state index is -0.201. The number of nitrogens with one attached hydrogen (secondary N) is 3. The van der Waals surface area contributed by atoms with Crippen molar-refractivity contribution < 1.29 is 4.79 Å². The summed E-state index contributed by atoms with van der Waals surface area (Å²) in [7, 11) is 0. The number of carbonyl (C=O) groups excluding carboxylic acids is 1. The number of nitrogens with zero attached hydrogens (tertiary/aromatic N) is 2. The van der Waals surface area contributed by atoms with E-state index in [0.29, 0.717) is 23.6 Å². The fourth-order valence-electron chi connectivity index (χ4n) is 2.76. The second-order valence-corrected chi connectivity index (χ2v) is 5.85. The van der Waals surface area contributed by atoms with Crippen molar-refractivity contribution in [2.45, 2.75) is 6.54 Å². The van der Waals surface area contributed by atoms with E-state index in [9.17, 15) is 4.79 Å². The molecule has 2 heterocycles. The molecule has 4 rings (SSSR count). The van der Waals surface area contributed by atoms with Crippen LogP contribution in [0.5, 0.6) is 0 Å². The first kappa shape index (κ1) is 15.8. The number of carbonyl (C=O) groups is 1. The molecule has 0 saturated heterocycles. The molecule has 0 unspecified atom stereocenters. The molecule has 0 aliphatic heterocycles. The molecular weight excluding hydrogens is 326 g/mol. The van der Waals surface area contributed by atoms with E-state index >= 15 is 0 Å². The monoisotopic (exact) mass is 343 g/mol. The van der Waals surface area contributed by atoms with Gasteiger partial charge in [-0.1, -0.05) is 48.5 Å². The third kappa shape index (κ3) is 3.39. The molecule has 2 aromatic carbocycles. The molecule has 2 aromatic heterocycles. The van der Waals surface area contributed by atoms with Crippen molar-refractivity contribution in [3.63, 3.8) is 0 Å². The highest BCUT2D eigenvalue weighted by Gasteiger charge is 2.13. The van der Waals surface area contributed by atoms with Gasteiger partial charge in [0.25, 0.3) is 5.91 Å². The molecule has 6 nitrogen and oxygen atoms in total. The van der Waals surface area contributed by atoms with E-state index < -0.39 is 0 Å². The van der Waals surface area contributed by atoms with E-state index in [1.807, 2.05) is 54.6 Å². The lowest BCUT2D eigenvalue weighted by atomic mass is 10.1. The molecule has 0 fully saturated rings. The first-order valence-electron chi connectivity index (χ1n) is 8.27. The Kier molecular flexibility index (Phi) is 4.30. The number of para-hydroxylation sites is 1. The second-order valence-electron chi connectivity index (χ2n) is 5.85. The average molecular weight is 343 g/mol. The molecular formula is C20H17N5O. The predicted molar refractivity (Wildman–Crippen MR) is 102 cm³/mol. The van der Waals surface area contributed by atoms with Crippen molar-refractivity contribution in [2.24, 2.45) is 0 Å². The molecule has 0 atom stereocenters. The number of anilines is 2. The van der Waals surface area contributed by atoms with Gasteiger partial charge in [0.15, 0.2) is 0 Å². The van der Waals surface area contributed by atoms with Crippen LogP contribution in [0.3, 0.4) is 0 Å². The zero-order valence-corrected chi connectivity index (χ0v) is 13.9. The van der Waals surface area contributed by atoms with Gasteiger partial charge in [-0.2, -0.15) is 5.10 Å². The summed E-state index contributed by atoms with van der Waals surface area (Å²) in [4.78, 5) is 17.4. The number of H-pyrrole nitrogens is 1. The number of amides is 1. The van der Waals surface area contributed by atoms with Crippen LogP contribution in [0.25, 0.3) is 10.9 Å². The van der Waals surface area contributed by atoms with Crippen LogP contribution in [-0.2, 0) is 6.54 Å². The lowest BCUT2D eigenvalue weighted by molar-refractivity contribution is 0.102. The summed E-state index contributed by atoms with van der Waals surface area (Å²) in [5, 5.41) is 13.5. The Balaban J connectivity index is 1.65. The number of aromatic nitrogens is 3. The van der Waals surface area contributed by atoms with Crippen LogP contribution in [0.2, 0.25) is 0 Å². The number of aromatic amines is 1. The van der Waals surface area contributed by atoms with Crippen molar-refractivity contribution in [3.05, 3.63) is 84.2 Å². The summed E-state index contributed by atoms with van der Waals surface area (Å²) in [6, 6.07) is 19.4. The van der Waals surface area contributed by atoms with E-state index in [4.69, 9.17) is 0 Å². The van der Waals surface area contributed by atoms with Crippen LogP contribution in [0.15, 0.2) is 73.1 Å². The van der Waals surface area contributed by atoms with Crippen LogP contribution < -0.4 is 10.6 Å². The van der Waals surface area contributed by atoms with E-state index in [0.717, 1.165) is 16.5 Å². The van der Waals surface area contributed by atoms with Gasteiger partial charge in [-0.3, -0.25) is 9.89 Å². The van der Waals surface area contributed by atoms with Gasteiger partial charge in [0.05, 0.1) is 23.0 Å². The molecule has 0 radical (unpaired) electrons. The first-order valence-corrected chi connectivity index (χ1v) is 8.27. The van der Waals surface area contributed by atoms with Crippen molar-refractivity contribution in [1.82, 2.24) is 15.2 Å². The van der Waals surface area contributed by atoms with Crippen LogP contribution in [0.1, 0.15) is 15.9 Å². The maximum absolute atomic E-state index is 12.7. The molecule has 0 aliphatic carbocycles. The molecule has 26 heavy (non-hydrogen) atoms. The number of benzene rings is 2. The third-order valence-electron chi connectivity index (χ3n) is 4.03. The minimum absolute atomic E-state index is 0.201. The van der Waals surface area contributed by atoms with Gasteiger partial charge in [-0.05, 0) is 17.7 Å². The van der Waals surface area contributed by atoms with Crippen molar-refractivity contribution >= 4 is 28.3 Å². The van der Waals surface area contributed by atoms with Crippen molar-refractivity contribution in [1.29, 1.82) is 0 Å². The molecule has 0 bridgehead atoms. The Hall–Kier alpha value is -3.67. The number of rotatable bonds is 5. The molecule has 0 saturated carbocycles. The fourth-order valence-corrected chi connectivity index (χ4v) is 2.76. The third-order valence-corrected chi connectivity index (χ3v) is 4.03. The molecule has 1 amide bonds. The summed E-state index contributed by atoms with van der Waals surface area (Å²) in [6.45, 7) is 0.634. The number of pyridine rings is 1. The SMILES string of the molecule is O=C(Nc1cn[nH]c1)c1cc(NCc2ccccc2)nc2ccccc12. The summed E-state index contributed by atoms with van der Waals surface area (Å²) < 4.78 is 0. The van der Waals surface area contributed by atoms with Crippen LogP contribution in [-0.4, -0.2) is 21.1 Å². The van der Waals surface area contributed by atoms with Gasteiger partial charge in [0, 0.05) is 18.1 Å². The molecule has 3 N–H and O–H groups in total. The van der Waals surface area contributed by atoms with Gasteiger partial charge in [0.2, 0.25) is 0 Å². The highest BCUT2D eigenvalue weighted by molar-refractivity contribution is 6.12. The van der Waals surface area contributed by atoms with Crippen LogP contribution >= 0.6 is 0 Å². The van der Waals surface area contributed by atoms with Crippen LogP contribution in [0, 0.1) is 0 Å². The van der Waals surface area contributed by atoms with Crippen LogP contribution in [0.4, 0.5) is 11.5 Å². The number of hydrogen-bond acceptors (Lipinski definition) is 4. The summed E-state index contributed by atoms with van der Waals surface area (Å²) in [6.07, 6.45) is 3.20. The largest absolute Gasteiger partial charge is 0.366 e. The standard InChI is InChI=1S/C20H17N5O/c26-20(24-15-12-22-23-13-15)17-10-19(21-11-14-6-2-1-3-7-14)25-18-9-5-4-8-16(17)18/h1-10,12-13H,11H2,(H,21,25)(H,22,23)(H,24,26). The highest BCUT2D eigenvalue weighted by Crippen LogP contribution is 2.22. The molecule has 0 spiro atoms. The first-order chi connectivity index (χ1) is 12.8. The maximum Gasteiger partial charge on any atom is 0.256 e. The van der Waals surface area contributed by atoms with E-state index in [2.05, 4.69) is 25.8 Å². The van der Waals surface area contributed by atoms with Crippen molar-refractivity contribution in [2.75, 3.05) is 10.6 Å². The van der Waals surface area contributed by atoms with E-state index in [-0.39, 0.29) is 5.91 Å². The molecule has 0 aliphatic rings. The highest BCUT2D eigenvalue weighted by atomic mass is 16.1. The second kappa shape index (κ2) is 7.06. The zero-order chi connectivity index (χ0) is 17.8. The maximum atomic E-state index is 12.7. The van der Waals surface area contributed by atoms with Gasteiger partial charge in [-0.15, -0.1) is 0 Å². The van der Waals surface area contributed by atoms with Gasteiger partial charge >= 0.3 is 0 Å².